The molecule has 1 aromatic carbocycles. The van der Waals surface area contributed by atoms with Crippen LogP contribution in [-0.4, -0.2) is 41.5 Å². The van der Waals surface area contributed by atoms with Gasteiger partial charge in [0.25, 0.3) is 0 Å². The molecule has 0 aliphatic carbocycles. The molecule has 1 atom stereocenters. The van der Waals surface area contributed by atoms with Crippen molar-refractivity contribution < 1.29 is 9.21 Å². The van der Waals surface area contributed by atoms with Gasteiger partial charge in [0, 0.05) is 44.1 Å². The number of piperazine rings is 1. The average molecular weight is 334 g/mol. The molecular formula is C17H20ClN3O2. The van der Waals surface area contributed by atoms with Crippen molar-refractivity contribution in [2.24, 2.45) is 0 Å². The molecule has 0 radical (unpaired) electrons. The number of aromatic nitrogens is 1. The number of oxazole rings is 1. The smallest absolute Gasteiger partial charge is 0.223 e. The van der Waals surface area contributed by atoms with Crippen LogP contribution in [0.25, 0.3) is 11.3 Å². The van der Waals surface area contributed by atoms with E-state index in [0.29, 0.717) is 35.6 Å². The van der Waals surface area contributed by atoms with Crippen molar-refractivity contribution >= 4 is 17.5 Å². The quantitative estimate of drug-likeness (QED) is 0.934. The number of rotatable bonds is 4. The third-order valence-electron chi connectivity index (χ3n) is 3.97. The Hall–Kier alpha value is -1.85. The standard InChI is InChI=1S/C17H20ClN3O2/c1-12-11-21(9-8-19-12)17(22)7-6-16-20-10-15(23-16)13-4-2-3-5-14(13)18/h2-5,10,12,19H,6-9,11H2,1H3. The average Bonchev–Trinajstić information content (AvgIpc) is 3.02. The highest BCUT2D eigenvalue weighted by Gasteiger charge is 2.20. The molecule has 5 nitrogen and oxygen atoms in total. The van der Waals surface area contributed by atoms with E-state index >= 15 is 0 Å². The van der Waals surface area contributed by atoms with E-state index in [-0.39, 0.29) is 5.91 Å². The van der Waals surface area contributed by atoms with Gasteiger partial charge in [-0.2, -0.15) is 0 Å². The van der Waals surface area contributed by atoms with E-state index in [1.165, 1.54) is 0 Å². The maximum Gasteiger partial charge on any atom is 0.223 e. The fourth-order valence-electron chi connectivity index (χ4n) is 2.74. The molecule has 1 fully saturated rings. The summed E-state index contributed by atoms with van der Waals surface area (Å²) in [5, 5.41) is 3.96. The summed E-state index contributed by atoms with van der Waals surface area (Å²) in [6.45, 7) is 4.46. The van der Waals surface area contributed by atoms with E-state index in [1.807, 2.05) is 29.2 Å². The first-order valence-corrected chi connectivity index (χ1v) is 8.22. The number of aryl methyl sites for hydroxylation is 1. The Bertz CT molecular complexity index is 686. The lowest BCUT2D eigenvalue weighted by molar-refractivity contribution is -0.132. The lowest BCUT2D eigenvalue weighted by Crippen LogP contribution is -2.51. The van der Waals surface area contributed by atoms with Crippen LogP contribution in [0.5, 0.6) is 0 Å². The summed E-state index contributed by atoms with van der Waals surface area (Å²) in [5.74, 6) is 1.35. The van der Waals surface area contributed by atoms with Gasteiger partial charge in [0.2, 0.25) is 5.91 Å². The maximum atomic E-state index is 12.3. The van der Waals surface area contributed by atoms with Gasteiger partial charge in [0.05, 0.1) is 11.2 Å². The van der Waals surface area contributed by atoms with Crippen molar-refractivity contribution in [2.45, 2.75) is 25.8 Å². The van der Waals surface area contributed by atoms with Gasteiger partial charge in [0.1, 0.15) is 0 Å². The van der Waals surface area contributed by atoms with Crippen LogP contribution in [0.1, 0.15) is 19.2 Å². The monoisotopic (exact) mass is 333 g/mol. The molecular weight excluding hydrogens is 314 g/mol. The molecule has 23 heavy (non-hydrogen) atoms. The molecule has 1 saturated heterocycles. The number of carbonyl (C=O) groups excluding carboxylic acids is 1. The van der Waals surface area contributed by atoms with Crippen LogP contribution < -0.4 is 5.32 Å². The third kappa shape index (κ3) is 3.92. The van der Waals surface area contributed by atoms with Gasteiger partial charge < -0.3 is 14.6 Å². The van der Waals surface area contributed by atoms with Crippen molar-refractivity contribution in [1.82, 2.24) is 15.2 Å². The van der Waals surface area contributed by atoms with Crippen LogP contribution in [0.4, 0.5) is 0 Å². The lowest BCUT2D eigenvalue weighted by atomic mass is 10.2. The second-order valence-electron chi connectivity index (χ2n) is 5.79. The summed E-state index contributed by atoms with van der Waals surface area (Å²) >= 11 is 6.16. The molecule has 1 amide bonds. The molecule has 1 aliphatic heterocycles. The molecule has 1 unspecified atom stereocenters. The Morgan fingerprint density at radius 2 is 2.30 bits per heavy atom. The fourth-order valence-corrected chi connectivity index (χ4v) is 2.97. The SMILES string of the molecule is CC1CN(C(=O)CCc2ncc(-c3ccccc3Cl)o2)CCN1. The van der Waals surface area contributed by atoms with Crippen molar-refractivity contribution in [1.29, 1.82) is 0 Å². The number of amides is 1. The first-order valence-electron chi connectivity index (χ1n) is 7.84. The predicted molar refractivity (Wildman–Crippen MR) is 89.3 cm³/mol. The second kappa shape index (κ2) is 7.15. The lowest BCUT2D eigenvalue weighted by Gasteiger charge is -2.31. The predicted octanol–water partition coefficient (Wildman–Crippen LogP) is 2.75. The molecule has 0 bridgehead atoms. The van der Waals surface area contributed by atoms with E-state index in [2.05, 4.69) is 17.2 Å². The van der Waals surface area contributed by atoms with E-state index in [9.17, 15) is 4.79 Å². The summed E-state index contributed by atoms with van der Waals surface area (Å²) < 4.78 is 5.73. The van der Waals surface area contributed by atoms with E-state index < -0.39 is 0 Å². The number of nitrogens with one attached hydrogen (secondary N) is 1. The Balaban J connectivity index is 1.59. The number of hydrogen-bond donors (Lipinski definition) is 1. The Morgan fingerprint density at radius 3 is 3.09 bits per heavy atom. The van der Waals surface area contributed by atoms with Gasteiger partial charge in [-0.1, -0.05) is 23.7 Å². The topological polar surface area (TPSA) is 58.4 Å². The molecule has 3 rings (SSSR count). The van der Waals surface area contributed by atoms with Gasteiger partial charge in [-0.25, -0.2) is 4.98 Å². The highest BCUT2D eigenvalue weighted by Crippen LogP contribution is 2.28. The number of halogens is 1. The van der Waals surface area contributed by atoms with Gasteiger partial charge >= 0.3 is 0 Å². The van der Waals surface area contributed by atoms with E-state index in [4.69, 9.17) is 16.0 Å². The second-order valence-corrected chi connectivity index (χ2v) is 6.20. The van der Waals surface area contributed by atoms with Gasteiger partial charge in [-0.3, -0.25) is 4.79 Å². The van der Waals surface area contributed by atoms with Crippen molar-refractivity contribution in [3.63, 3.8) is 0 Å². The molecule has 2 aromatic rings. The fraction of sp³-hybridized carbons (Fsp3) is 0.412. The van der Waals surface area contributed by atoms with Crippen LogP contribution >= 0.6 is 11.6 Å². The normalized spacial score (nSPS) is 18.2. The van der Waals surface area contributed by atoms with Crippen LogP contribution in [0.15, 0.2) is 34.9 Å². The molecule has 6 heteroatoms. The zero-order valence-electron chi connectivity index (χ0n) is 13.1. The minimum Gasteiger partial charge on any atom is -0.441 e. The first kappa shape index (κ1) is 16.0. The van der Waals surface area contributed by atoms with Crippen LogP contribution in [0.3, 0.4) is 0 Å². The maximum absolute atomic E-state index is 12.3. The summed E-state index contributed by atoms with van der Waals surface area (Å²) in [6, 6.07) is 7.82. The highest BCUT2D eigenvalue weighted by molar-refractivity contribution is 6.33. The van der Waals surface area contributed by atoms with E-state index in [0.717, 1.165) is 25.2 Å². The first-order chi connectivity index (χ1) is 11.1. The largest absolute Gasteiger partial charge is 0.441 e. The minimum absolute atomic E-state index is 0.149. The van der Waals surface area contributed by atoms with Crippen molar-refractivity contribution in [3.05, 3.63) is 41.4 Å². The number of hydrogen-bond acceptors (Lipinski definition) is 4. The highest BCUT2D eigenvalue weighted by atomic mass is 35.5. The summed E-state index contributed by atoms with van der Waals surface area (Å²) in [5.41, 5.74) is 0.815. The van der Waals surface area contributed by atoms with Crippen LogP contribution in [-0.2, 0) is 11.2 Å². The molecule has 0 saturated carbocycles. The van der Waals surface area contributed by atoms with Crippen molar-refractivity contribution in [3.8, 4) is 11.3 Å². The van der Waals surface area contributed by atoms with Gasteiger partial charge in [0.15, 0.2) is 11.7 Å². The van der Waals surface area contributed by atoms with Crippen molar-refractivity contribution in [2.75, 3.05) is 19.6 Å². The zero-order valence-corrected chi connectivity index (χ0v) is 13.8. The molecule has 1 N–H and O–H groups in total. The Labute approximate surface area is 140 Å². The number of nitrogens with zero attached hydrogens (tertiary/aromatic N) is 2. The zero-order chi connectivity index (χ0) is 16.2. The third-order valence-corrected chi connectivity index (χ3v) is 4.30. The van der Waals surface area contributed by atoms with Gasteiger partial charge in [-0.05, 0) is 19.1 Å². The Kier molecular flexibility index (Phi) is 4.98. The minimum atomic E-state index is 0.149. The summed E-state index contributed by atoms with van der Waals surface area (Å²) in [7, 11) is 0. The Morgan fingerprint density at radius 1 is 1.48 bits per heavy atom. The van der Waals surface area contributed by atoms with E-state index in [1.54, 1.807) is 6.20 Å². The molecule has 1 aromatic heterocycles. The molecule has 2 heterocycles. The summed E-state index contributed by atoms with van der Waals surface area (Å²) in [4.78, 5) is 18.4. The molecule has 1 aliphatic rings. The number of benzene rings is 1. The molecule has 0 spiro atoms. The van der Waals surface area contributed by atoms with Crippen LogP contribution in [0, 0.1) is 0 Å². The van der Waals surface area contributed by atoms with Crippen LogP contribution in [0.2, 0.25) is 5.02 Å². The number of carbonyl (C=O) groups is 1. The van der Waals surface area contributed by atoms with Gasteiger partial charge in [-0.15, -0.1) is 0 Å². The molecule has 122 valence electrons. The summed E-state index contributed by atoms with van der Waals surface area (Å²) in [6.07, 6.45) is 2.57.